The summed E-state index contributed by atoms with van der Waals surface area (Å²) < 4.78 is 0. The standard InChI is InChI=1S/C10H12N2O3/c1-7(6-9(13)14)10(15)12-8-4-2-3-5-11-8/h2-5,7H,6H2,1H3,(H,13,14)(H,11,12,15). The molecular formula is C10H12N2O3. The molecule has 0 bridgehead atoms. The highest BCUT2D eigenvalue weighted by Crippen LogP contribution is 2.07. The van der Waals surface area contributed by atoms with Gasteiger partial charge in [-0.1, -0.05) is 13.0 Å². The Morgan fingerprint density at radius 1 is 1.53 bits per heavy atom. The van der Waals surface area contributed by atoms with Crippen LogP contribution < -0.4 is 5.32 Å². The van der Waals surface area contributed by atoms with Crippen molar-refractivity contribution in [1.29, 1.82) is 0 Å². The maximum Gasteiger partial charge on any atom is 0.304 e. The van der Waals surface area contributed by atoms with Crippen LogP contribution >= 0.6 is 0 Å². The first-order chi connectivity index (χ1) is 7.09. The highest BCUT2D eigenvalue weighted by atomic mass is 16.4. The smallest absolute Gasteiger partial charge is 0.304 e. The number of carbonyl (C=O) groups is 2. The Morgan fingerprint density at radius 2 is 2.27 bits per heavy atom. The van der Waals surface area contributed by atoms with E-state index in [9.17, 15) is 9.59 Å². The molecule has 0 saturated heterocycles. The van der Waals surface area contributed by atoms with Crippen molar-refractivity contribution in [3.05, 3.63) is 24.4 Å². The lowest BCUT2D eigenvalue weighted by molar-refractivity contribution is -0.139. The molecule has 1 aromatic heterocycles. The molecule has 5 heteroatoms. The van der Waals surface area contributed by atoms with Gasteiger partial charge in [-0.05, 0) is 12.1 Å². The minimum Gasteiger partial charge on any atom is -0.481 e. The Balaban J connectivity index is 2.52. The fraction of sp³-hybridized carbons (Fsp3) is 0.300. The largest absolute Gasteiger partial charge is 0.481 e. The van der Waals surface area contributed by atoms with Crippen LogP contribution in [0, 0.1) is 5.92 Å². The third kappa shape index (κ3) is 3.76. The number of hydrogen-bond donors (Lipinski definition) is 2. The van der Waals surface area contributed by atoms with Crippen molar-refractivity contribution in [3.63, 3.8) is 0 Å². The van der Waals surface area contributed by atoms with Crippen LogP contribution in [0.1, 0.15) is 13.3 Å². The molecule has 1 atom stereocenters. The zero-order chi connectivity index (χ0) is 11.3. The fourth-order valence-electron chi connectivity index (χ4n) is 1.04. The van der Waals surface area contributed by atoms with E-state index < -0.39 is 11.9 Å². The van der Waals surface area contributed by atoms with Gasteiger partial charge in [-0.25, -0.2) is 4.98 Å². The van der Waals surface area contributed by atoms with Gasteiger partial charge < -0.3 is 10.4 Å². The van der Waals surface area contributed by atoms with Crippen LogP contribution in [-0.4, -0.2) is 22.0 Å². The lowest BCUT2D eigenvalue weighted by Gasteiger charge is -2.08. The van der Waals surface area contributed by atoms with E-state index in [1.165, 1.54) is 0 Å². The molecular weight excluding hydrogens is 196 g/mol. The van der Waals surface area contributed by atoms with Crippen molar-refractivity contribution in [2.24, 2.45) is 5.92 Å². The number of carboxylic acids is 1. The number of pyridine rings is 1. The van der Waals surface area contributed by atoms with Crippen LogP contribution in [0.15, 0.2) is 24.4 Å². The number of nitrogens with zero attached hydrogens (tertiary/aromatic N) is 1. The Bertz CT molecular complexity index is 351. The fourth-order valence-corrected chi connectivity index (χ4v) is 1.04. The number of nitrogens with one attached hydrogen (secondary N) is 1. The maximum absolute atomic E-state index is 11.4. The minimum atomic E-state index is -0.987. The second kappa shape index (κ2) is 5.09. The maximum atomic E-state index is 11.4. The Labute approximate surface area is 87.1 Å². The van der Waals surface area contributed by atoms with Crippen LogP contribution in [0.3, 0.4) is 0 Å². The molecule has 15 heavy (non-hydrogen) atoms. The van der Waals surface area contributed by atoms with Crippen molar-refractivity contribution in [3.8, 4) is 0 Å². The van der Waals surface area contributed by atoms with E-state index in [1.807, 2.05) is 0 Å². The number of anilines is 1. The predicted octanol–water partition coefficient (Wildman–Crippen LogP) is 1.13. The normalized spacial score (nSPS) is 11.8. The summed E-state index contributed by atoms with van der Waals surface area (Å²) in [6.45, 7) is 1.56. The number of aliphatic carboxylic acids is 1. The molecule has 1 heterocycles. The van der Waals surface area contributed by atoms with E-state index in [1.54, 1.807) is 31.3 Å². The van der Waals surface area contributed by atoms with E-state index in [2.05, 4.69) is 10.3 Å². The molecule has 2 N–H and O–H groups in total. The summed E-state index contributed by atoms with van der Waals surface area (Å²) in [4.78, 5) is 25.7. The molecule has 0 spiro atoms. The second-order valence-electron chi connectivity index (χ2n) is 3.20. The SMILES string of the molecule is CC(CC(=O)O)C(=O)Nc1ccccn1. The first-order valence-corrected chi connectivity index (χ1v) is 4.53. The zero-order valence-electron chi connectivity index (χ0n) is 8.30. The second-order valence-corrected chi connectivity index (χ2v) is 3.20. The van der Waals surface area contributed by atoms with Crippen LogP contribution in [0.25, 0.3) is 0 Å². The topological polar surface area (TPSA) is 79.3 Å². The van der Waals surface area contributed by atoms with Gasteiger partial charge in [0, 0.05) is 12.1 Å². The third-order valence-corrected chi connectivity index (χ3v) is 1.84. The molecule has 0 aliphatic heterocycles. The van der Waals surface area contributed by atoms with Gasteiger partial charge in [0.2, 0.25) is 5.91 Å². The van der Waals surface area contributed by atoms with Gasteiger partial charge in [-0.2, -0.15) is 0 Å². The quantitative estimate of drug-likeness (QED) is 0.777. The molecule has 5 nitrogen and oxygen atoms in total. The van der Waals surface area contributed by atoms with Crippen molar-refractivity contribution < 1.29 is 14.7 Å². The summed E-state index contributed by atoms with van der Waals surface area (Å²) >= 11 is 0. The average Bonchev–Trinajstić information content (AvgIpc) is 2.18. The lowest BCUT2D eigenvalue weighted by Crippen LogP contribution is -2.23. The van der Waals surface area contributed by atoms with E-state index >= 15 is 0 Å². The summed E-state index contributed by atoms with van der Waals surface area (Å²) in [6.07, 6.45) is 1.37. The third-order valence-electron chi connectivity index (χ3n) is 1.84. The minimum absolute atomic E-state index is 0.182. The Morgan fingerprint density at radius 3 is 2.80 bits per heavy atom. The zero-order valence-corrected chi connectivity index (χ0v) is 8.30. The molecule has 1 unspecified atom stereocenters. The van der Waals surface area contributed by atoms with Crippen LogP contribution in [-0.2, 0) is 9.59 Å². The number of carbonyl (C=O) groups excluding carboxylic acids is 1. The van der Waals surface area contributed by atoms with Gasteiger partial charge in [-0.3, -0.25) is 9.59 Å². The summed E-state index contributed by atoms with van der Waals surface area (Å²) in [6, 6.07) is 5.12. The van der Waals surface area contributed by atoms with Gasteiger partial charge in [0.25, 0.3) is 0 Å². The molecule has 0 saturated carbocycles. The van der Waals surface area contributed by atoms with Gasteiger partial charge in [0.1, 0.15) is 5.82 Å². The van der Waals surface area contributed by atoms with Gasteiger partial charge in [-0.15, -0.1) is 0 Å². The molecule has 1 aromatic rings. The van der Waals surface area contributed by atoms with Gasteiger partial charge in [0.15, 0.2) is 0 Å². The van der Waals surface area contributed by atoms with Crippen LogP contribution in [0.4, 0.5) is 5.82 Å². The highest BCUT2D eigenvalue weighted by molar-refractivity contribution is 5.93. The number of aromatic nitrogens is 1. The van der Waals surface area contributed by atoms with Crippen molar-refractivity contribution in [2.45, 2.75) is 13.3 Å². The molecule has 0 aliphatic carbocycles. The summed E-state index contributed by atoms with van der Waals surface area (Å²) in [5.74, 6) is -1.46. The summed E-state index contributed by atoms with van der Waals surface area (Å²) in [7, 11) is 0. The molecule has 0 radical (unpaired) electrons. The van der Waals surface area contributed by atoms with E-state index in [0.29, 0.717) is 5.82 Å². The Hall–Kier alpha value is -1.91. The van der Waals surface area contributed by atoms with Crippen LogP contribution in [0.2, 0.25) is 0 Å². The lowest BCUT2D eigenvalue weighted by atomic mass is 10.1. The van der Waals surface area contributed by atoms with Crippen molar-refractivity contribution >= 4 is 17.7 Å². The number of hydrogen-bond acceptors (Lipinski definition) is 3. The van der Waals surface area contributed by atoms with Gasteiger partial charge >= 0.3 is 5.97 Å². The number of amides is 1. The van der Waals surface area contributed by atoms with E-state index in [-0.39, 0.29) is 12.3 Å². The predicted molar refractivity (Wildman–Crippen MR) is 54.3 cm³/mol. The van der Waals surface area contributed by atoms with E-state index in [4.69, 9.17) is 5.11 Å². The van der Waals surface area contributed by atoms with Gasteiger partial charge in [0.05, 0.1) is 6.42 Å². The monoisotopic (exact) mass is 208 g/mol. The summed E-state index contributed by atoms with van der Waals surface area (Å²) in [5, 5.41) is 11.0. The highest BCUT2D eigenvalue weighted by Gasteiger charge is 2.16. The molecule has 80 valence electrons. The van der Waals surface area contributed by atoms with Crippen molar-refractivity contribution in [2.75, 3.05) is 5.32 Å². The van der Waals surface area contributed by atoms with Crippen molar-refractivity contribution in [1.82, 2.24) is 4.98 Å². The molecule has 0 aromatic carbocycles. The molecule has 0 aliphatic rings. The Kier molecular flexibility index (Phi) is 3.79. The number of rotatable bonds is 4. The summed E-state index contributed by atoms with van der Waals surface area (Å²) in [5.41, 5.74) is 0. The first-order valence-electron chi connectivity index (χ1n) is 4.53. The van der Waals surface area contributed by atoms with E-state index in [0.717, 1.165) is 0 Å². The number of carboxylic acid groups (broad SMARTS) is 1. The molecule has 1 rings (SSSR count). The molecule has 1 amide bonds. The van der Waals surface area contributed by atoms with Crippen LogP contribution in [0.5, 0.6) is 0 Å². The molecule has 0 fully saturated rings. The first kappa shape index (κ1) is 11.2. The average molecular weight is 208 g/mol.